The zero-order valence-corrected chi connectivity index (χ0v) is 15.4. The molecule has 0 saturated carbocycles. The Morgan fingerprint density at radius 1 is 1.20 bits per heavy atom. The summed E-state index contributed by atoms with van der Waals surface area (Å²) >= 11 is 0. The Morgan fingerprint density at radius 3 is 2.56 bits per heavy atom. The van der Waals surface area contributed by atoms with Gasteiger partial charge < -0.3 is 15.0 Å². The molecule has 0 spiro atoms. The average Bonchev–Trinajstić information content (AvgIpc) is 2.98. The molecule has 3 rings (SSSR count). The molecule has 1 heterocycles. The van der Waals surface area contributed by atoms with Crippen molar-refractivity contribution in [2.45, 2.75) is 38.8 Å². The van der Waals surface area contributed by atoms with E-state index in [-0.39, 0.29) is 12.0 Å². The van der Waals surface area contributed by atoms with E-state index in [9.17, 15) is 4.79 Å². The number of amides is 1. The Kier molecular flexibility index (Phi) is 4.71. The number of aryl methyl sites for hydroxylation is 1. The summed E-state index contributed by atoms with van der Waals surface area (Å²) in [6, 6.07) is 16.1. The molecule has 1 atom stereocenters. The van der Waals surface area contributed by atoms with Gasteiger partial charge in [0.2, 0.25) is 5.91 Å². The lowest BCUT2D eigenvalue weighted by molar-refractivity contribution is -0.134. The number of carbonyl (C=O) groups is 1. The highest BCUT2D eigenvalue weighted by molar-refractivity contribution is 5.88. The van der Waals surface area contributed by atoms with Crippen molar-refractivity contribution in [1.82, 2.24) is 4.90 Å². The molecule has 0 bridgehead atoms. The van der Waals surface area contributed by atoms with Crippen LogP contribution < -0.4 is 10.1 Å². The molecule has 4 heteroatoms. The number of fused-ring (bicyclic) bond motifs is 1. The molecule has 0 fully saturated rings. The second-order valence-corrected chi connectivity index (χ2v) is 7.35. The van der Waals surface area contributed by atoms with Gasteiger partial charge >= 0.3 is 0 Å². The Hall–Kier alpha value is -2.49. The van der Waals surface area contributed by atoms with Crippen LogP contribution in [0.15, 0.2) is 48.5 Å². The van der Waals surface area contributed by atoms with Crippen LogP contribution in [-0.4, -0.2) is 36.0 Å². The Bertz CT molecular complexity index is 728. The minimum absolute atomic E-state index is 0.0153. The predicted octanol–water partition coefficient (Wildman–Crippen LogP) is 3.65. The number of nitrogens with zero attached hydrogens (tertiary/aromatic N) is 1. The number of hydrogen-bond donors (Lipinski definition) is 1. The van der Waals surface area contributed by atoms with Crippen LogP contribution in [0.1, 0.15) is 25.0 Å². The highest BCUT2D eigenvalue weighted by Gasteiger charge is 2.33. The van der Waals surface area contributed by atoms with Crippen molar-refractivity contribution >= 4 is 11.6 Å². The van der Waals surface area contributed by atoms with E-state index in [0.29, 0.717) is 6.54 Å². The van der Waals surface area contributed by atoms with Crippen molar-refractivity contribution < 1.29 is 9.53 Å². The minimum atomic E-state index is -0.685. The summed E-state index contributed by atoms with van der Waals surface area (Å²) in [7, 11) is 1.84. The number of carbonyl (C=O) groups excluding carboxylic acids is 1. The van der Waals surface area contributed by atoms with Crippen LogP contribution in [-0.2, 0) is 11.2 Å². The first kappa shape index (κ1) is 17.3. The summed E-state index contributed by atoms with van der Waals surface area (Å²) in [6.45, 7) is 6.45. The largest absolute Gasteiger partial charge is 0.488 e. The first-order valence-electron chi connectivity index (χ1n) is 8.70. The summed E-state index contributed by atoms with van der Waals surface area (Å²) in [5.41, 5.74) is 2.67. The number of nitrogens with one attached hydrogen (secondary N) is 1. The molecule has 1 aliphatic heterocycles. The Morgan fingerprint density at radius 2 is 1.88 bits per heavy atom. The van der Waals surface area contributed by atoms with Gasteiger partial charge in [0, 0.05) is 19.2 Å². The molecule has 0 saturated heterocycles. The van der Waals surface area contributed by atoms with Gasteiger partial charge in [-0.05, 0) is 44.5 Å². The van der Waals surface area contributed by atoms with Gasteiger partial charge in [-0.25, -0.2) is 0 Å². The smallest absolute Gasteiger partial charge is 0.247 e. The van der Waals surface area contributed by atoms with Gasteiger partial charge in [-0.15, -0.1) is 0 Å². The number of anilines is 1. The molecule has 132 valence electrons. The van der Waals surface area contributed by atoms with Crippen LogP contribution in [0.5, 0.6) is 5.75 Å². The first-order chi connectivity index (χ1) is 11.8. The zero-order valence-electron chi connectivity index (χ0n) is 15.4. The molecule has 2 aromatic rings. The first-order valence-corrected chi connectivity index (χ1v) is 8.70. The van der Waals surface area contributed by atoms with Crippen molar-refractivity contribution in [3.63, 3.8) is 0 Å². The fourth-order valence-electron chi connectivity index (χ4n) is 3.27. The molecule has 1 aliphatic rings. The molecule has 25 heavy (non-hydrogen) atoms. The van der Waals surface area contributed by atoms with E-state index in [1.54, 1.807) is 4.90 Å². The number of benzene rings is 2. The van der Waals surface area contributed by atoms with Crippen molar-refractivity contribution in [1.29, 1.82) is 0 Å². The van der Waals surface area contributed by atoms with Gasteiger partial charge in [0.05, 0.1) is 6.54 Å². The van der Waals surface area contributed by atoms with Crippen LogP contribution >= 0.6 is 0 Å². The summed E-state index contributed by atoms with van der Waals surface area (Å²) < 4.78 is 5.96. The maximum absolute atomic E-state index is 12.9. The monoisotopic (exact) mass is 338 g/mol. The van der Waals surface area contributed by atoms with Gasteiger partial charge in [-0.3, -0.25) is 4.79 Å². The highest BCUT2D eigenvalue weighted by atomic mass is 16.5. The molecular weight excluding hydrogens is 312 g/mol. The van der Waals surface area contributed by atoms with Gasteiger partial charge in [0.1, 0.15) is 17.4 Å². The fourth-order valence-corrected chi connectivity index (χ4v) is 3.27. The van der Waals surface area contributed by atoms with Gasteiger partial charge in [-0.1, -0.05) is 35.9 Å². The van der Waals surface area contributed by atoms with E-state index in [2.05, 4.69) is 11.4 Å². The summed E-state index contributed by atoms with van der Waals surface area (Å²) in [5.74, 6) is 0.984. The normalized spacial score (nSPS) is 16.1. The number of ether oxygens (including phenoxy) is 1. The Balaban J connectivity index is 1.60. The highest BCUT2D eigenvalue weighted by Crippen LogP contribution is 2.28. The third-order valence-corrected chi connectivity index (χ3v) is 4.58. The summed E-state index contributed by atoms with van der Waals surface area (Å²) in [4.78, 5) is 14.7. The van der Waals surface area contributed by atoms with Crippen molar-refractivity contribution in [2.75, 3.05) is 18.9 Å². The van der Waals surface area contributed by atoms with Crippen molar-refractivity contribution in [3.05, 3.63) is 59.7 Å². The van der Waals surface area contributed by atoms with Crippen LogP contribution in [0.4, 0.5) is 5.69 Å². The van der Waals surface area contributed by atoms with E-state index >= 15 is 0 Å². The van der Waals surface area contributed by atoms with Gasteiger partial charge in [0.15, 0.2) is 0 Å². The molecule has 2 aromatic carbocycles. The van der Waals surface area contributed by atoms with Crippen LogP contribution in [0, 0.1) is 6.92 Å². The van der Waals surface area contributed by atoms with Crippen LogP contribution in [0.3, 0.4) is 0 Å². The zero-order chi connectivity index (χ0) is 18.0. The molecule has 1 amide bonds. The van der Waals surface area contributed by atoms with E-state index in [1.165, 1.54) is 11.1 Å². The van der Waals surface area contributed by atoms with E-state index < -0.39 is 5.54 Å². The maximum atomic E-state index is 12.9. The second kappa shape index (κ2) is 6.79. The van der Waals surface area contributed by atoms with Crippen molar-refractivity contribution in [2.24, 2.45) is 0 Å². The summed E-state index contributed by atoms with van der Waals surface area (Å²) in [6.07, 6.45) is 0.862. The summed E-state index contributed by atoms with van der Waals surface area (Å²) in [5, 5.41) is 3.34. The van der Waals surface area contributed by atoms with Crippen molar-refractivity contribution in [3.8, 4) is 5.75 Å². The van der Waals surface area contributed by atoms with E-state index in [4.69, 9.17) is 4.74 Å². The van der Waals surface area contributed by atoms with E-state index in [0.717, 1.165) is 17.9 Å². The van der Waals surface area contributed by atoms with E-state index in [1.807, 2.05) is 70.3 Å². The lowest BCUT2D eigenvalue weighted by Crippen LogP contribution is -2.50. The SMILES string of the molecule is Cc1ccc(NC(C)(C)C(=O)N(C)CC2Cc3ccccc3O2)cc1. The molecule has 1 N–H and O–H groups in total. The lowest BCUT2D eigenvalue weighted by Gasteiger charge is -2.32. The quantitative estimate of drug-likeness (QED) is 0.905. The third-order valence-electron chi connectivity index (χ3n) is 4.58. The van der Waals surface area contributed by atoms with Gasteiger partial charge in [0.25, 0.3) is 0 Å². The predicted molar refractivity (Wildman–Crippen MR) is 101 cm³/mol. The maximum Gasteiger partial charge on any atom is 0.247 e. The van der Waals surface area contributed by atoms with Crippen LogP contribution in [0.25, 0.3) is 0 Å². The average molecular weight is 338 g/mol. The molecular formula is C21H26N2O2. The molecule has 0 radical (unpaired) electrons. The van der Waals surface area contributed by atoms with Gasteiger partial charge in [-0.2, -0.15) is 0 Å². The Labute approximate surface area is 149 Å². The minimum Gasteiger partial charge on any atom is -0.488 e. The molecule has 0 aromatic heterocycles. The number of likely N-dealkylation sites (N-methyl/N-ethyl adjacent to an activating group) is 1. The molecule has 4 nitrogen and oxygen atoms in total. The number of rotatable bonds is 5. The molecule has 1 unspecified atom stereocenters. The number of hydrogen-bond acceptors (Lipinski definition) is 3. The third kappa shape index (κ3) is 3.95. The van der Waals surface area contributed by atoms with Crippen LogP contribution in [0.2, 0.25) is 0 Å². The lowest BCUT2D eigenvalue weighted by atomic mass is 10.0. The molecule has 0 aliphatic carbocycles. The number of para-hydroxylation sites is 1. The second-order valence-electron chi connectivity index (χ2n) is 7.35. The standard InChI is InChI=1S/C21H26N2O2/c1-15-9-11-17(12-10-15)22-21(2,3)20(24)23(4)14-18-13-16-7-5-6-8-19(16)25-18/h5-12,18,22H,13-14H2,1-4H3. The fraction of sp³-hybridized carbons (Fsp3) is 0.381. The topological polar surface area (TPSA) is 41.6 Å².